The van der Waals surface area contributed by atoms with E-state index in [9.17, 15) is 14.3 Å². The maximum atomic E-state index is 12.0. The number of phosphoric acid groups is 1. The number of unbranched alkanes of at least 4 members (excludes halogenated alkanes) is 4. The standard InChI is InChI=1S/C20H28NO5P/c1-2-3-4-5-6-11-20(22)21-14-15-25-27(23,24)26-19-13-12-17-9-7-8-10-18(17)16-19/h7-10,12-13,16H,2-6,11,14-15H2,1H3,(H,21,22)(H,23,24). The second-order valence-corrected chi connectivity index (χ2v) is 7.79. The van der Waals surface area contributed by atoms with Crippen LogP contribution in [0.3, 0.4) is 0 Å². The van der Waals surface area contributed by atoms with Crippen LogP contribution in [0.4, 0.5) is 0 Å². The van der Waals surface area contributed by atoms with Gasteiger partial charge in [0.05, 0.1) is 6.61 Å². The lowest BCUT2D eigenvalue weighted by atomic mass is 10.1. The Bertz CT molecular complexity index is 780. The van der Waals surface area contributed by atoms with Crippen LogP contribution in [0.1, 0.15) is 45.4 Å². The molecule has 7 heteroatoms. The van der Waals surface area contributed by atoms with Gasteiger partial charge in [0.1, 0.15) is 5.75 Å². The topological polar surface area (TPSA) is 84.9 Å². The molecule has 1 atom stereocenters. The maximum Gasteiger partial charge on any atom is 0.527 e. The van der Waals surface area contributed by atoms with Crippen molar-refractivity contribution >= 4 is 24.5 Å². The van der Waals surface area contributed by atoms with Crippen LogP contribution in [-0.2, 0) is 13.9 Å². The van der Waals surface area contributed by atoms with Gasteiger partial charge in [-0.25, -0.2) is 4.57 Å². The third kappa shape index (κ3) is 8.12. The first-order valence-electron chi connectivity index (χ1n) is 9.42. The molecule has 0 aliphatic heterocycles. The van der Waals surface area contributed by atoms with Crippen molar-refractivity contribution in [1.82, 2.24) is 5.32 Å². The molecule has 1 amide bonds. The molecule has 0 spiro atoms. The molecule has 0 saturated heterocycles. The summed E-state index contributed by atoms with van der Waals surface area (Å²) in [7, 11) is -4.24. The molecule has 0 bridgehead atoms. The number of benzene rings is 2. The van der Waals surface area contributed by atoms with Gasteiger partial charge >= 0.3 is 7.82 Å². The molecule has 2 aromatic rings. The Morgan fingerprint density at radius 1 is 1.07 bits per heavy atom. The van der Waals surface area contributed by atoms with Crippen LogP contribution in [0, 0.1) is 0 Å². The van der Waals surface area contributed by atoms with E-state index in [2.05, 4.69) is 12.2 Å². The summed E-state index contributed by atoms with van der Waals surface area (Å²) in [6, 6.07) is 12.8. The van der Waals surface area contributed by atoms with Gasteiger partial charge in [0.2, 0.25) is 5.91 Å². The Morgan fingerprint density at radius 2 is 1.81 bits per heavy atom. The zero-order chi connectivity index (χ0) is 19.5. The van der Waals surface area contributed by atoms with E-state index in [1.807, 2.05) is 30.3 Å². The number of fused-ring (bicyclic) bond motifs is 1. The number of hydrogen-bond donors (Lipinski definition) is 2. The van der Waals surface area contributed by atoms with E-state index in [0.29, 0.717) is 6.42 Å². The van der Waals surface area contributed by atoms with Gasteiger partial charge < -0.3 is 9.84 Å². The predicted octanol–water partition coefficient (Wildman–Crippen LogP) is 4.81. The van der Waals surface area contributed by atoms with Crippen molar-refractivity contribution in [3.8, 4) is 5.75 Å². The van der Waals surface area contributed by atoms with E-state index >= 15 is 0 Å². The number of hydrogen-bond acceptors (Lipinski definition) is 4. The fraction of sp³-hybridized carbons (Fsp3) is 0.450. The molecular weight excluding hydrogens is 365 g/mol. The number of carbonyl (C=O) groups is 1. The second-order valence-electron chi connectivity index (χ2n) is 6.42. The molecule has 1 unspecified atom stereocenters. The molecule has 2 N–H and O–H groups in total. The SMILES string of the molecule is CCCCCCCC(=O)NCCOP(=O)(O)Oc1ccc2ccccc2c1. The van der Waals surface area contributed by atoms with Crippen molar-refractivity contribution in [3.63, 3.8) is 0 Å². The molecule has 0 aliphatic carbocycles. The van der Waals surface area contributed by atoms with Crippen LogP contribution in [0.5, 0.6) is 5.75 Å². The summed E-state index contributed by atoms with van der Waals surface area (Å²) in [5.41, 5.74) is 0. The van der Waals surface area contributed by atoms with Gasteiger partial charge in [-0.3, -0.25) is 14.2 Å². The summed E-state index contributed by atoms with van der Waals surface area (Å²) >= 11 is 0. The minimum absolute atomic E-state index is 0.0710. The lowest BCUT2D eigenvalue weighted by molar-refractivity contribution is -0.121. The quantitative estimate of drug-likeness (QED) is 0.399. The highest BCUT2D eigenvalue weighted by molar-refractivity contribution is 7.47. The van der Waals surface area contributed by atoms with Crippen molar-refractivity contribution in [1.29, 1.82) is 0 Å². The third-order valence-electron chi connectivity index (χ3n) is 4.13. The van der Waals surface area contributed by atoms with Crippen LogP contribution in [-0.4, -0.2) is 24.0 Å². The predicted molar refractivity (Wildman–Crippen MR) is 107 cm³/mol. The fourth-order valence-corrected chi connectivity index (χ4v) is 3.47. The van der Waals surface area contributed by atoms with Crippen molar-refractivity contribution in [2.45, 2.75) is 45.4 Å². The van der Waals surface area contributed by atoms with Crippen LogP contribution < -0.4 is 9.84 Å². The first-order valence-corrected chi connectivity index (χ1v) is 10.9. The fourth-order valence-electron chi connectivity index (χ4n) is 2.71. The molecular formula is C20H28NO5P. The van der Waals surface area contributed by atoms with Gasteiger partial charge in [-0.15, -0.1) is 0 Å². The van der Waals surface area contributed by atoms with E-state index in [1.54, 1.807) is 12.1 Å². The lowest BCUT2D eigenvalue weighted by Gasteiger charge is -2.14. The minimum atomic E-state index is -4.24. The van der Waals surface area contributed by atoms with Crippen molar-refractivity contribution in [2.75, 3.05) is 13.2 Å². The molecule has 0 radical (unpaired) electrons. The number of amides is 1. The van der Waals surface area contributed by atoms with Gasteiger partial charge in [0, 0.05) is 13.0 Å². The van der Waals surface area contributed by atoms with E-state index in [4.69, 9.17) is 9.05 Å². The summed E-state index contributed by atoms with van der Waals surface area (Å²) in [6.07, 6.45) is 5.88. The zero-order valence-electron chi connectivity index (χ0n) is 15.7. The lowest BCUT2D eigenvalue weighted by Crippen LogP contribution is -2.26. The summed E-state index contributed by atoms with van der Waals surface area (Å²) in [5.74, 6) is 0.189. The highest BCUT2D eigenvalue weighted by Gasteiger charge is 2.22. The van der Waals surface area contributed by atoms with Crippen LogP contribution >= 0.6 is 7.82 Å². The smallest absolute Gasteiger partial charge is 0.404 e. The van der Waals surface area contributed by atoms with Gasteiger partial charge in [-0.05, 0) is 29.3 Å². The van der Waals surface area contributed by atoms with Crippen LogP contribution in [0.2, 0.25) is 0 Å². The average molecular weight is 393 g/mol. The Labute approximate surface area is 160 Å². The number of phosphoric ester groups is 1. The number of rotatable bonds is 12. The van der Waals surface area contributed by atoms with Gasteiger partial charge in [-0.2, -0.15) is 0 Å². The van der Waals surface area contributed by atoms with Crippen molar-refractivity contribution in [3.05, 3.63) is 42.5 Å². The highest BCUT2D eigenvalue weighted by atomic mass is 31.2. The Balaban J connectivity index is 1.68. The summed E-state index contributed by atoms with van der Waals surface area (Å²) in [4.78, 5) is 21.5. The van der Waals surface area contributed by atoms with Crippen molar-refractivity contribution in [2.24, 2.45) is 0 Å². The molecule has 148 valence electrons. The summed E-state index contributed by atoms with van der Waals surface area (Å²) in [5, 5.41) is 4.60. The van der Waals surface area contributed by atoms with E-state index in [1.165, 1.54) is 12.8 Å². The largest absolute Gasteiger partial charge is 0.527 e. The van der Waals surface area contributed by atoms with Gasteiger partial charge in [0.15, 0.2) is 0 Å². The molecule has 0 fully saturated rings. The van der Waals surface area contributed by atoms with Gasteiger partial charge in [0.25, 0.3) is 0 Å². The normalized spacial score (nSPS) is 13.3. The minimum Gasteiger partial charge on any atom is -0.404 e. The summed E-state index contributed by atoms with van der Waals surface area (Å²) < 4.78 is 22.1. The molecule has 0 heterocycles. The first kappa shape index (κ1) is 21.4. The zero-order valence-corrected chi connectivity index (χ0v) is 16.6. The van der Waals surface area contributed by atoms with Crippen LogP contribution in [0.25, 0.3) is 10.8 Å². The number of carbonyl (C=O) groups excluding carboxylic acids is 1. The van der Waals surface area contributed by atoms with E-state index in [0.717, 1.165) is 30.0 Å². The first-order chi connectivity index (χ1) is 13.0. The van der Waals surface area contributed by atoms with Crippen LogP contribution in [0.15, 0.2) is 42.5 Å². The van der Waals surface area contributed by atoms with E-state index < -0.39 is 7.82 Å². The van der Waals surface area contributed by atoms with E-state index in [-0.39, 0.29) is 24.8 Å². The summed E-state index contributed by atoms with van der Waals surface area (Å²) in [6.45, 7) is 2.22. The highest BCUT2D eigenvalue weighted by Crippen LogP contribution is 2.44. The molecule has 2 rings (SSSR count). The van der Waals surface area contributed by atoms with Crippen molar-refractivity contribution < 1.29 is 23.3 Å². The monoisotopic (exact) mass is 393 g/mol. The number of nitrogens with one attached hydrogen (secondary N) is 1. The Kier molecular flexibility index (Phi) is 8.79. The Hall–Kier alpha value is -1.88. The third-order valence-corrected chi connectivity index (χ3v) is 5.08. The Morgan fingerprint density at radius 3 is 2.59 bits per heavy atom. The molecule has 2 aromatic carbocycles. The molecule has 0 saturated carbocycles. The maximum absolute atomic E-state index is 12.0. The second kappa shape index (κ2) is 11.1. The van der Waals surface area contributed by atoms with Gasteiger partial charge in [-0.1, -0.05) is 62.9 Å². The molecule has 0 aromatic heterocycles. The average Bonchev–Trinajstić information content (AvgIpc) is 2.65. The molecule has 27 heavy (non-hydrogen) atoms. The molecule has 0 aliphatic rings. The molecule has 6 nitrogen and oxygen atoms in total.